The third-order valence-electron chi connectivity index (χ3n) is 6.04. The van der Waals surface area contributed by atoms with Crippen molar-refractivity contribution in [2.75, 3.05) is 33.3 Å². The number of methoxy groups -OCH3 is 1. The summed E-state index contributed by atoms with van der Waals surface area (Å²) in [5.41, 5.74) is 6.46. The molecule has 116 valence electrons. The van der Waals surface area contributed by atoms with Crippen LogP contribution in [-0.4, -0.2) is 66.8 Å². The molecule has 4 unspecified atom stereocenters. The van der Waals surface area contributed by atoms with Gasteiger partial charge in [-0.3, -0.25) is 9.80 Å². The molecule has 0 spiro atoms. The van der Waals surface area contributed by atoms with E-state index >= 15 is 0 Å². The number of rotatable bonds is 3. The van der Waals surface area contributed by atoms with Crippen molar-refractivity contribution in [3.05, 3.63) is 0 Å². The quantitative estimate of drug-likeness (QED) is 0.850. The number of nitrogens with zero attached hydrogens (tertiary/aromatic N) is 2. The van der Waals surface area contributed by atoms with Crippen LogP contribution in [0.25, 0.3) is 0 Å². The highest BCUT2D eigenvalue weighted by Crippen LogP contribution is 2.38. The van der Waals surface area contributed by atoms with E-state index in [1.807, 2.05) is 7.11 Å². The molecule has 4 heteroatoms. The fourth-order valence-corrected chi connectivity index (χ4v) is 4.90. The van der Waals surface area contributed by atoms with E-state index in [4.69, 9.17) is 10.5 Å². The van der Waals surface area contributed by atoms with Crippen molar-refractivity contribution >= 4 is 0 Å². The summed E-state index contributed by atoms with van der Waals surface area (Å²) in [5.74, 6) is 0. The number of fused-ring (bicyclic) bond motifs is 1. The predicted molar refractivity (Wildman–Crippen MR) is 81.8 cm³/mol. The van der Waals surface area contributed by atoms with Crippen molar-refractivity contribution in [1.82, 2.24) is 9.80 Å². The van der Waals surface area contributed by atoms with Crippen molar-refractivity contribution in [3.8, 4) is 0 Å². The summed E-state index contributed by atoms with van der Waals surface area (Å²) < 4.78 is 5.67. The first-order chi connectivity index (χ1) is 9.68. The molecule has 0 bridgehead atoms. The van der Waals surface area contributed by atoms with Gasteiger partial charge in [0.2, 0.25) is 0 Å². The Labute approximate surface area is 123 Å². The largest absolute Gasteiger partial charge is 0.381 e. The maximum absolute atomic E-state index is 6.27. The number of nitrogens with two attached hydrogens (primary N) is 1. The predicted octanol–water partition coefficient (Wildman–Crippen LogP) is 1.44. The Balaban J connectivity index is 1.77. The zero-order valence-electron chi connectivity index (χ0n) is 13.2. The van der Waals surface area contributed by atoms with E-state index in [0.717, 1.165) is 19.0 Å². The minimum Gasteiger partial charge on any atom is -0.381 e. The highest BCUT2D eigenvalue weighted by Gasteiger charge is 2.46. The molecule has 0 radical (unpaired) electrons. The minimum atomic E-state index is 0.188. The fourth-order valence-electron chi connectivity index (χ4n) is 4.90. The van der Waals surface area contributed by atoms with Crippen LogP contribution in [-0.2, 0) is 4.74 Å². The molecule has 2 aliphatic heterocycles. The van der Waals surface area contributed by atoms with Crippen LogP contribution in [0.4, 0.5) is 0 Å². The van der Waals surface area contributed by atoms with E-state index < -0.39 is 0 Å². The second-order valence-electron chi connectivity index (χ2n) is 7.17. The Hall–Kier alpha value is -0.160. The molecule has 0 amide bonds. The molecule has 4 atom stereocenters. The molecule has 0 aromatic carbocycles. The SMILES string of the molecule is COC1CCCC(CN)(N2CC3CCCN3CC2C)C1. The highest BCUT2D eigenvalue weighted by molar-refractivity contribution is 5.03. The van der Waals surface area contributed by atoms with Gasteiger partial charge in [-0.2, -0.15) is 0 Å². The van der Waals surface area contributed by atoms with Gasteiger partial charge in [-0.25, -0.2) is 0 Å². The lowest BCUT2D eigenvalue weighted by atomic mass is 9.77. The normalized spacial score (nSPS) is 43.6. The summed E-state index contributed by atoms with van der Waals surface area (Å²) in [6, 6.07) is 1.40. The lowest BCUT2D eigenvalue weighted by Crippen LogP contribution is -2.67. The molecule has 3 aliphatic rings. The monoisotopic (exact) mass is 281 g/mol. The lowest BCUT2D eigenvalue weighted by molar-refractivity contribution is -0.0702. The van der Waals surface area contributed by atoms with E-state index in [2.05, 4.69) is 16.7 Å². The second-order valence-corrected chi connectivity index (χ2v) is 7.17. The first-order valence-corrected chi connectivity index (χ1v) is 8.42. The van der Waals surface area contributed by atoms with Crippen LogP contribution >= 0.6 is 0 Å². The molecule has 3 rings (SSSR count). The van der Waals surface area contributed by atoms with Crippen LogP contribution in [0.15, 0.2) is 0 Å². The van der Waals surface area contributed by atoms with Gasteiger partial charge in [-0.1, -0.05) is 0 Å². The van der Waals surface area contributed by atoms with Gasteiger partial charge in [-0.05, 0) is 52.0 Å². The van der Waals surface area contributed by atoms with E-state index in [1.54, 1.807) is 0 Å². The standard InChI is InChI=1S/C16H31N3O/c1-13-10-18-8-4-5-14(18)11-19(13)16(12-17)7-3-6-15(9-16)20-2/h13-15H,3-12,17H2,1-2H3. The molecule has 4 nitrogen and oxygen atoms in total. The molecule has 2 heterocycles. The average molecular weight is 281 g/mol. The maximum Gasteiger partial charge on any atom is 0.0589 e. The number of hydrogen-bond donors (Lipinski definition) is 1. The topological polar surface area (TPSA) is 41.7 Å². The van der Waals surface area contributed by atoms with Gasteiger partial charge in [0.05, 0.1) is 6.10 Å². The van der Waals surface area contributed by atoms with Crippen LogP contribution in [0.2, 0.25) is 0 Å². The number of piperazine rings is 1. The van der Waals surface area contributed by atoms with Gasteiger partial charge in [0, 0.05) is 44.4 Å². The lowest BCUT2D eigenvalue weighted by Gasteiger charge is -2.55. The molecule has 1 saturated carbocycles. The van der Waals surface area contributed by atoms with Gasteiger partial charge < -0.3 is 10.5 Å². The molecular weight excluding hydrogens is 250 g/mol. The second kappa shape index (κ2) is 5.91. The molecular formula is C16H31N3O. The van der Waals surface area contributed by atoms with Crippen molar-refractivity contribution in [2.45, 2.75) is 69.2 Å². The smallest absolute Gasteiger partial charge is 0.0589 e. The zero-order valence-corrected chi connectivity index (χ0v) is 13.2. The Bertz CT molecular complexity index is 338. The average Bonchev–Trinajstić information content (AvgIpc) is 2.93. The number of hydrogen-bond acceptors (Lipinski definition) is 4. The molecule has 1 aliphatic carbocycles. The van der Waals surface area contributed by atoms with E-state index in [0.29, 0.717) is 12.1 Å². The first-order valence-electron chi connectivity index (χ1n) is 8.42. The Morgan fingerprint density at radius 3 is 2.85 bits per heavy atom. The van der Waals surface area contributed by atoms with Gasteiger partial charge in [-0.15, -0.1) is 0 Å². The maximum atomic E-state index is 6.27. The Morgan fingerprint density at radius 2 is 2.10 bits per heavy atom. The molecule has 2 saturated heterocycles. The Kier molecular flexibility index (Phi) is 4.37. The van der Waals surface area contributed by atoms with E-state index in [9.17, 15) is 0 Å². The first kappa shape index (κ1) is 14.8. The van der Waals surface area contributed by atoms with Crippen LogP contribution in [0, 0.1) is 0 Å². The van der Waals surface area contributed by atoms with Crippen molar-refractivity contribution in [1.29, 1.82) is 0 Å². The van der Waals surface area contributed by atoms with Gasteiger partial charge in [0.25, 0.3) is 0 Å². The summed E-state index contributed by atoms with van der Waals surface area (Å²) >= 11 is 0. The van der Waals surface area contributed by atoms with Crippen LogP contribution in [0.3, 0.4) is 0 Å². The zero-order chi connectivity index (χ0) is 14.2. The van der Waals surface area contributed by atoms with Crippen molar-refractivity contribution in [3.63, 3.8) is 0 Å². The molecule has 3 fully saturated rings. The van der Waals surface area contributed by atoms with Gasteiger partial charge >= 0.3 is 0 Å². The molecule has 0 aromatic rings. The van der Waals surface area contributed by atoms with E-state index in [-0.39, 0.29) is 5.54 Å². The summed E-state index contributed by atoms with van der Waals surface area (Å²) in [4.78, 5) is 5.45. The van der Waals surface area contributed by atoms with Crippen molar-refractivity contribution < 1.29 is 4.74 Å². The molecule has 2 N–H and O–H groups in total. The third-order valence-corrected chi connectivity index (χ3v) is 6.04. The molecule has 0 aromatic heterocycles. The van der Waals surface area contributed by atoms with Crippen LogP contribution in [0.1, 0.15) is 45.4 Å². The molecule has 20 heavy (non-hydrogen) atoms. The third kappa shape index (κ3) is 2.52. The van der Waals surface area contributed by atoms with Gasteiger partial charge in [0.15, 0.2) is 0 Å². The summed E-state index contributed by atoms with van der Waals surface area (Å²) in [5, 5.41) is 0. The van der Waals surface area contributed by atoms with Gasteiger partial charge in [0.1, 0.15) is 0 Å². The van der Waals surface area contributed by atoms with Crippen LogP contribution in [0.5, 0.6) is 0 Å². The Morgan fingerprint density at radius 1 is 1.25 bits per heavy atom. The summed E-state index contributed by atoms with van der Waals surface area (Å²) in [6.45, 7) is 6.92. The van der Waals surface area contributed by atoms with Crippen molar-refractivity contribution in [2.24, 2.45) is 5.73 Å². The highest BCUT2D eigenvalue weighted by atomic mass is 16.5. The fraction of sp³-hybridized carbons (Fsp3) is 1.00. The minimum absolute atomic E-state index is 0.188. The summed E-state index contributed by atoms with van der Waals surface area (Å²) in [6.07, 6.45) is 7.99. The van der Waals surface area contributed by atoms with Crippen LogP contribution < -0.4 is 5.73 Å². The van der Waals surface area contributed by atoms with E-state index in [1.165, 1.54) is 51.7 Å². The number of ether oxygens (including phenoxy) is 1. The summed E-state index contributed by atoms with van der Waals surface area (Å²) in [7, 11) is 1.86.